The van der Waals surface area contributed by atoms with Crippen LogP contribution in [0.15, 0.2) is 70.4 Å². The van der Waals surface area contributed by atoms with E-state index in [1.165, 1.54) is 23.1 Å². The monoisotopic (exact) mass is 408 g/mol. The average Bonchev–Trinajstić information content (AvgIpc) is 3.33. The highest BCUT2D eigenvalue weighted by Crippen LogP contribution is 2.26. The zero-order chi connectivity index (χ0) is 19.3. The molecule has 0 saturated heterocycles. The number of aromatic nitrogens is 5. The molecular weight excluding hydrogens is 392 g/mol. The van der Waals surface area contributed by atoms with Crippen molar-refractivity contribution in [3.63, 3.8) is 0 Å². The molecule has 7 nitrogen and oxygen atoms in total. The van der Waals surface area contributed by atoms with Gasteiger partial charge in [-0.3, -0.25) is 9.78 Å². The second kappa shape index (κ2) is 8.32. The quantitative estimate of drug-likeness (QED) is 0.524. The molecule has 0 fully saturated rings. The molecule has 9 heteroatoms. The molecule has 1 aromatic carbocycles. The molecule has 140 valence electrons. The normalized spacial score (nSPS) is 10.8. The van der Waals surface area contributed by atoms with Crippen molar-refractivity contribution in [1.82, 2.24) is 24.7 Å². The molecule has 1 N–H and O–H groups in total. The lowest BCUT2D eigenvalue weighted by Gasteiger charge is -2.05. The van der Waals surface area contributed by atoms with E-state index in [4.69, 9.17) is 0 Å². The van der Waals surface area contributed by atoms with Crippen molar-refractivity contribution in [1.29, 1.82) is 0 Å². The Bertz CT molecular complexity index is 1080. The molecule has 0 atom stereocenters. The lowest BCUT2D eigenvalue weighted by molar-refractivity contribution is -0.115. The number of pyridine rings is 1. The Balaban J connectivity index is 1.35. The summed E-state index contributed by atoms with van der Waals surface area (Å²) >= 11 is 3.00. The van der Waals surface area contributed by atoms with Gasteiger partial charge in [-0.05, 0) is 48.2 Å². The summed E-state index contributed by atoms with van der Waals surface area (Å²) in [7, 11) is 1.90. The SMILES string of the molecule is Cn1cnnc1Sc1ccc(NC(=O)Cc2csc(-c3ccccn3)n2)cc1. The van der Waals surface area contributed by atoms with E-state index in [9.17, 15) is 4.79 Å². The third-order valence-corrected chi connectivity index (χ3v) is 5.77. The molecule has 0 saturated carbocycles. The largest absolute Gasteiger partial charge is 0.326 e. The van der Waals surface area contributed by atoms with E-state index in [2.05, 4.69) is 25.5 Å². The predicted octanol–water partition coefficient (Wildman–Crippen LogP) is 3.67. The van der Waals surface area contributed by atoms with Crippen LogP contribution >= 0.6 is 23.1 Å². The van der Waals surface area contributed by atoms with E-state index < -0.39 is 0 Å². The number of thiazole rings is 1. The van der Waals surface area contributed by atoms with E-state index in [0.29, 0.717) is 0 Å². The van der Waals surface area contributed by atoms with Crippen molar-refractivity contribution in [2.45, 2.75) is 16.5 Å². The van der Waals surface area contributed by atoms with E-state index in [1.54, 1.807) is 12.5 Å². The summed E-state index contributed by atoms with van der Waals surface area (Å²) in [6.07, 6.45) is 3.61. The van der Waals surface area contributed by atoms with Crippen molar-refractivity contribution in [2.24, 2.45) is 7.05 Å². The molecule has 0 aliphatic heterocycles. The van der Waals surface area contributed by atoms with Crippen molar-refractivity contribution < 1.29 is 4.79 Å². The number of carbonyl (C=O) groups excluding carboxylic acids is 1. The maximum atomic E-state index is 12.3. The fourth-order valence-corrected chi connectivity index (χ4v) is 4.00. The second-order valence-electron chi connectivity index (χ2n) is 5.93. The van der Waals surface area contributed by atoms with Crippen molar-refractivity contribution >= 4 is 34.7 Å². The molecule has 0 radical (unpaired) electrons. The zero-order valence-corrected chi connectivity index (χ0v) is 16.6. The Morgan fingerprint density at radius 3 is 2.79 bits per heavy atom. The van der Waals surface area contributed by atoms with Gasteiger partial charge >= 0.3 is 0 Å². The molecule has 4 rings (SSSR count). The summed E-state index contributed by atoms with van der Waals surface area (Å²) in [6, 6.07) is 13.3. The smallest absolute Gasteiger partial charge is 0.230 e. The van der Waals surface area contributed by atoms with E-state index in [-0.39, 0.29) is 12.3 Å². The lowest BCUT2D eigenvalue weighted by Crippen LogP contribution is -2.14. The molecule has 28 heavy (non-hydrogen) atoms. The minimum atomic E-state index is -0.105. The Morgan fingerprint density at radius 1 is 1.21 bits per heavy atom. The zero-order valence-electron chi connectivity index (χ0n) is 14.9. The summed E-state index contributed by atoms with van der Waals surface area (Å²) in [5, 5.41) is 14.3. The molecule has 0 aliphatic carbocycles. The number of hydrogen-bond donors (Lipinski definition) is 1. The minimum Gasteiger partial charge on any atom is -0.326 e. The second-order valence-corrected chi connectivity index (χ2v) is 7.83. The van der Waals surface area contributed by atoms with Crippen LogP contribution in [0.4, 0.5) is 5.69 Å². The number of nitrogens with zero attached hydrogens (tertiary/aromatic N) is 5. The van der Waals surface area contributed by atoms with E-state index >= 15 is 0 Å². The molecule has 0 bridgehead atoms. The highest BCUT2D eigenvalue weighted by Gasteiger charge is 2.10. The fraction of sp³-hybridized carbons (Fsp3) is 0.105. The summed E-state index contributed by atoms with van der Waals surface area (Å²) in [6.45, 7) is 0. The van der Waals surface area contributed by atoms with Gasteiger partial charge in [0.1, 0.15) is 11.3 Å². The highest BCUT2D eigenvalue weighted by molar-refractivity contribution is 7.99. The first kappa shape index (κ1) is 18.3. The van der Waals surface area contributed by atoms with Gasteiger partial charge < -0.3 is 9.88 Å². The third kappa shape index (κ3) is 4.44. The number of hydrogen-bond acceptors (Lipinski definition) is 7. The van der Waals surface area contributed by atoms with Crippen LogP contribution < -0.4 is 5.32 Å². The highest BCUT2D eigenvalue weighted by atomic mass is 32.2. The standard InChI is InChI=1S/C19H16N6OS2/c1-25-12-21-24-19(25)28-15-7-5-13(6-8-15)22-17(26)10-14-11-27-18(23-14)16-4-2-3-9-20-16/h2-9,11-12H,10H2,1H3,(H,22,26). The van der Waals surface area contributed by atoms with Gasteiger partial charge in [0.2, 0.25) is 5.91 Å². The first-order valence-electron chi connectivity index (χ1n) is 8.45. The number of rotatable bonds is 6. The Hall–Kier alpha value is -3.04. The predicted molar refractivity (Wildman–Crippen MR) is 109 cm³/mol. The minimum absolute atomic E-state index is 0.105. The van der Waals surface area contributed by atoms with Gasteiger partial charge in [-0.15, -0.1) is 21.5 Å². The van der Waals surface area contributed by atoms with Crippen molar-refractivity contribution in [3.8, 4) is 10.7 Å². The molecule has 0 aliphatic rings. The maximum Gasteiger partial charge on any atom is 0.230 e. The van der Waals surface area contributed by atoms with Crippen LogP contribution in [-0.2, 0) is 18.3 Å². The van der Waals surface area contributed by atoms with Gasteiger partial charge in [0.15, 0.2) is 5.16 Å². The molecular formula is C19H16N6OS2. The molecule has 0 spiro atoms. The summed E-state index contributed by atoms with van der Waals surface area (Å²) in [5.41, 5.74) is 2.29. The average molecular weight is 409 g/mol. The number of amides is 1. The van der Waals surface area contributed by atoms with Crippen LogP contribution in [0, 0.1) is 0 Å². The first-order valence-corrected chi connectivity index (χ1v) is 10.1. The van der Waals surface area contributed by atoms with Gasteiger partial charge in [0.25, 0.3) is 0 Å². The molecule has 1 amide bonds. The molecule has 3 heterocycles. The Kier molecular flexibility index (Phi) is 5.45. The van der Waals surface area contributed by atoms with Gasteiger partial charge in [0, 0.05) is 29.2 Å². The lowest BCUT2D eigenvalue weighted by atomic mass is 10.3. The van der Waals surface area contributed by atoms with Crippen LogP contribution in [0.5, 0.6) is 0 Å². The molecule has 0 unspecified atom stereocenters. The summed E-state index contributed by atoms with van der Waals surface area (Å²) in [5.74, 6) is -0.105. The number of carbonyl (C=O) groups is 1. The maximum absolute atomic E-state index is 12.3. The van der Waals surface area contributed by atoms with Crippen LogP contribution in [-0.4, -0.2) is 30.6 Å². The third-order valence-electron chi connectivity index (χ3n) is 3.79. The Labute approximate surface area is 169 Å². The summed E-state index contributed by atoms with van der Waals surface area (Å²) in [4.78, 5) is 22.1. The number of nitrogens with one attached hydrogen (secondary N) is 1. The van der Waals surface area contributed by atoms with Gasteiger partial charge in [-0.1, -0.05) is 6.07 Å². The van der Waals surface area contributed by atoms with Gasteiger partial charge in [-0.2, -0.15) is 0 Å². The first-order chi connectivity index (χ1) is 13.7. The Morgan fingerprint density at radius 2 is 2.07 bits per heavy atom. The van der Waals surface area contributed by atoms with E-state index in [0.717, 1.165) is 32.1 Å². The topological polar surface area (TPSA) is 85.6 Å². The van der Waals surface area contributed by atoms with Crippen molar-refractivity contribution in [3.05, 3.63) is 66.1 Å². The van der Waals surface area contributed by atoms with E-state index in [1.807, 2.05) is 59.5 Å². The number of aryl methyl sites for hydroxylation is 1. The fourth-order valence-electron chi connectivity index (χ4n) is 2.44. The van der Waals surface area contributed by atoms with Crippen LogP contribution in [0.3, 0.4) is 0 Å². The number of anilines is 1. The van der Waals surface area contributed by atoms with Crippen LogP contribution in [0.2, 0.25) is 0 Å². The number of benzene rings is 1. The molecule has 4 aromatic rings. The van der Waals surface area contributed by atoms with Crippen LogP contribution in [0.25, 0.3) is 10.7 Å². The van der Waals surface area contributed by atoms with Gasteiger partial charge in [-0.25, -0.2) is 4.98 Å². The van der Waals surface area contributed by atoms with Crippen molar-refractivity contribution in [2.75, 3.05) is 5.32 Å². The van der Waals surface area contributed by atoms with Gasteiger partial charge in [0.05, 0.1) is 17.8 Å². The summed E-state index contributed by atoms with van der Waals surface area (Å²) < 4.78 is 1.85. The molecule has 3 aromatic heterocycles. The van der Waals surface area contributed by atoms with Crippen LogP contribution in [0.1, 0.15) is 5.69 Å².